The molecule has 0 saturated heterocycles. The molecule has 2 N–H and O–H groups in total. The summed E-state index contributed by atoms with van der Waals surface area (Å²) in [4.78, 5) is 28.1. The molecule has 2 heterocycles. The topological polar surface area (TPSA) is 74.3 Å². The van der Waals surface area contributed by atoms with Crippen LogP contribution in [0.2, 0.25) is 5.02 Å². The van der Waals surface area contributed by atoms with Crippen molar-refractivity contribution < 1.29 is 4.79 Å². The first-order valence-corrected chi connectivity index (χ1v) is 8.40. The smallest absolute Gasteiger partial charge is 0.273 e. The number of halogens is 1. The minimum Gasteiger partial charge on any atom is -0.321 e. The van der Waals surface area contributed by atoms with Gasteiger partial charge in [0.05, 0.1) is 11.3 Å². The average molecular weight is 364 g/mol. The molecule has 0 aliphatic carbocycles. The third kappa shape index (κ3) is 2.72. The zero-order valence-corrected chi connectivity index (χ0v) is 14.6. The summed E-state index contributed by atoms with van der Waals surface area (Å²) in [7, 11) is 0. The van der Waals surface area contributed by atoms with E-state index in [1.165, 1.54) is 0 Å². The van der Waals surface area contributed by atoms with Crippen LogP contribution in [0.1, 0.15) is 18.1 Å². The molecule has 0 unspecified atom stereocenters. The van der Waals surface area contributed by atoms with Gasteiger partial charge in [-0.2, -0.15) is 5.10 Å². The molecule has 0 spiro atoms. The Hall–Kier alpha value is -3.18. The number of nitrogens with one attached hydrogen (secondary N) is 2. The van der Waals surface area contributed by atoms with Gasteiger partial charge in [0.25, 0.3) is 11.5 Å². The van der Waals surface area contributed by atoms with E-state index in [4.69, 9.17) is 11.6 Å². The van der Waals surface area contributed by atoms with Crippen LogP contribution in [0.3, 0.4) is 0 Å². The van der Waals surface area contributed by atoms with E-state index in [-0.39, 0.29) is 11.5 Å². The van der Waals surface area contributed by atoms with Crippen LogP contribution in [0.25, 0.3) is 16.5 Å². The second-order valence-electron chi connectivity index (χ2n) is 6.00. The number of hydrogen-bond donors (Lipinski definition) is 2. The van der Waals surface area contributed by atoms with Crippen LogP contribution >= 0.6 is 11.6 Å². The summed E-state index contributed by atoms with van der Waals surface area (Å²) < 4.78 is 0. The van der Waals surface area contributed by atoms with Crippen LogP contribution in [0.15, 0.2) is 70.1 Å². The Morgan fingerprint density at radius 1 is 1.04 bits per heavy atom. The highest BCUT2D eigenvalue weighted by atomic mass is 35.5. The molecular formula is C20H14ClN3O2. The molecule has 1 aliphatic rings. The molecule has 3 aromatic rings. The van der Waals surface area contributed by atoms with E-state index in [1.807, 2.05) is 30.3 Å². The number of carbonyl (C=O) groups excluding carboxylic acids is 1. The van der Waals surface area contributed by atoms with Crippen LogP contribution in [-0.4, -0.2) is 16.6 Å². The van der Waals surface area contributed by atoms with Crippen molar-refractivity contribution in [2.75, 3.05) is 0 Å². The Bertz CT molecular complexity index is 1170. The van der Waals surface area contributed by atoms with Gasteiger partial charge in [-0.05, 0) is 42.1 Å². The Balaban J connectivity index is 2.09. The lowest BCUT2D eigenvalue weighted by Crippen LogP contribution is -2.19. The van der Waals surface area contributed by atoms with Crippen molar-refractivity contribution >= 4 is 39.7 Å². The minimum atomic E-state index is -0.343. The lowest BCUT2D eigenvalue weighted by atomic mass is 9.91. The van der Waals surface area contributed by atoms with Gasteiger partial charge >= 0.3 is 0 Å². The molecule has 0 saturated carbocycles. The van der Waals surface area contributed by atoms with Crippen molar-refractivity contribution in [3.63, 3.8) is 0 Å². The number of H-pyrrole nitrogens is 1. The number of pyridine rings is 1. The zero-order chi connectivity index (χ0) is 18.3. The molecule has 0 bridgehead atoms. The normalized spacial score (nSPS) is 15.8. The van der Waals surface area contributed by atoms with E-state index in [1.54, 1.807) is 31.2 Å². The minimum absolute atomic E-state index is 0.279. The number of aromatic nitrogens is 1. The van der Waals surface area contributed by atoms with Gasteiger partial charge in [0.15, 0.2) is 0 Å². The molecule has 128 valence electrons. The van der Waals surface area contributed by atoms with E-state index in [2.05, 4.69) is 15.5 Å². The van der Waals surface area contributed by atoms with Gasteiger partial charge in [-0.25, -0.2) is 5.43 Å². The number of hydrogen-bond acceptors (Lipinski definition) is 3. The lowest BCUT2D eigenvalue weighted by Gasteiger charge is -2.12. The number of nitrogens with zero attached hydrogens (tertiary/aromatic N) is 1. The number of carbonyl (C=O) groups is 1. The third-order valence-electron chi connectivity index (χ3n) is 4.30. The van der Waals surface area contributed by atoms with E-state index in [0.29, 0.717) is 33.0 Å². The van der Waals surface area contributed by atoms with Crippen LogP contribution in [0, 0.1) is 0 Å². The fraction of sp³-hybridized carbons (Fsp3) is 0.0500. The van der Waals surface area contributed by atoms with Crippen molar-refractivity contribution in [1.29, 1.82) is 0 Å². The molecule has 1 aromatic heterocycles. The molecule has 26 heavy (non-hydrogen) atoms. The summed E-state index contributed by atoms with van der Waals surface area (Å²) in [5, 5.41) is 5.39. The number of aromatic amines is 1. The molecule has 4 rings (SSSR count). The van der Waals surface area contributed by atoms with E-state index >= 15 is 0 Å². The molecule has 0 radical (unpaired) electrons. The van der Waals surface area contributed by atoms with Gasteiger partial charge in [0, 0.05) is 21.7 Å². The molecule has 6 heteroatoms. The quantitative estimate of drug-likeness (QED) is 0.684. The Morgan fingerprint density at radius 3 is 2.58 bits per heavy atom. The standard InChI is InChI=1S/C20H14ClN3O2/c1-11-17(20(26)24-23-11)18(13-6-4-7-14(21)9-13)15-10-12-5-2-3-8-16(12)22-19(15)25/h2-10H,1H3,(H,22,25)(H,24,26). The molecule has 0 fully saturated rings. The summed E-state index contributed by atoms with van der Waals surface area (Å²) in [5.74, 6) is -0.343. The first kappa shape index (κ1) is 16.3. The molecule has 1 amide bonds. The van der Waals surface area contributed by atoms with Crippen LogP contribution < -0.4 is 11.0 Å². The second kappa shape index (κ2) is 6.28. The number of amides is 1. The van der Waals surface area contributed by atoms with Crippen molar-refractivity contribution in [3.05, 3.63) is 86.7 Å². The maximum absolute atomic E-state index is 12.8. The maximum atomic E-state index is 12.8. The largest absolute Gasteiger partial charge is 0.321 e. The van der Waals surface area contributed by atoms with Crippen LogP contribution in [-0.2, 0) is 4.79 Å². The van der Waals surface area contributed by atoms with Crippen molar-refractivity contribution in [2.45, 2.75) is 6.92 Å². The van der Waals surface area contributed by atoms with Crippen molar-refractivity contribution in [1.82, 2.24) is 10.4 Å². The van der Waals surface area contributed by atoms with E-state index in [0.717, 1.165) is 10.9 Å². The van der Waals surface area contributed by atoms with Crippen molar-refractivity contribution in [2.24, 2.45) is 5.10 Å². The lowest BCUT2D eigenvalue weighted by molar-refractivity contribution is -0.116. The van der Waals surface area contributed by atoms with Gasteiger partial charge < -0.3 is 4.98 Å². The van der Waals surface area contributed by atoms with Gasteiger partial charge in [0.1, 0.15) is 0 Å². The van der Waals surface area contributed by atoms with Gasteiger partial charge in [0.2, 0.25) is 0 Å². The Kier molecular flexibility index (Phi) is 3.93. The highest BCUT2D eigenvalue weighted by Gasteiger charge is 2.27. The number of rotatable bonds is 2. The summed E-state index contributed by atoms with van der Waals surface area (Å²) in [6.45, 7) is 1.73. The SMILES string of the molecule is CC1=NNC(=O)C1=C(c1cccc(Cl)c1)c1cc2ccccc2[nH]c1=O. The monoisotopic (exact) mass is 363 g/mol. The summed E-state index contributed by atoms with van der Waals surface area (Å²) >= 11 is 6.15. The van der Waals surface area contributed by atoms with Crippen molar-refractivity contribution in [3.8, 4) is 0 Å². The van der Waals surface area contributed by atoms with Crippen LogP contribution in [0.5, 0.6) is 0 Å². The van der Waals surface area contributed by atoms with Gasteiger partial charge in [-0.15, -0.1) is 0 Å². The Morgan fingerprint density at radius 2 is 1.85 bits per heavy atom. The van der Waals surface area contributed by atoms with E-state index < -0.39 is 0 Å². The highest BCUT2D eigenvalue weighted by Crippen LogP contribution is 2.30. The fourth-order valence-electron chi connectivity index (χ4n) is 3.12. The Labute approximate surface area is 154 Å². The highest BCUT2D eigenvalue weighted by molar-refractivity contribution is 6.32. The second-order valence-corrected chi connectivity index (χ2v) is 6.43. The predicted octanol–water partition coefficient (Wildman–Crippen LogP) is 3.49. The molecule has 1 aliphatic heterocycles. The molecule has 5 nitrogen and oxygen atoms in total. The number of benzene rings is 2. The number of fused-ring (bicyclic) bond motifs is 1. The summed E-state index contributed by atoms with van der Waals surface area (Å²) in [6, 6.07) is 16.4. The summed E-state index contributed by atoms with van der Waals surface area (Å²) in [5.41, 5.74) is 5.39. The third-order valence-corrected chi connectivity index (χ3v) is 4.54. The number of hydrazone groups is 1. The first-order chi connectivity index (χ1) is 12.5. The average Bonchev–Trinajstić information content (AvgIpc) is 2.95. The fourth-order valence-corrected chi connectivity index (χ4v) is 3.31. The number of para-hydroxylation sites is 1. The van der Waals surface area contributed by atoms with Gasteiger partial charge in [-0.1, -0.05) is 41.9 Å². The van der Waals surface area contributed by atoms with E-state index in [9.17, 15) is 9.59 Å². The maximum Gasteiger partial charge on any atom is 0.273 e. The predicted molar refractivity (Wildman–Crippen MR) is 103 cm³/mol. The zero-order valence-electron chi connectivity index (χ0n) is 13.8. The first-order valence-electron chi connectivity index (χ1n) is 8.02. The molecule has 0 atom stereocenters. The van der Waals surface area contributed by atoms with Gasteiger partial charge in [-0.3, -0.25) is 9.59 Å². The van der Waals surface area contributed by atoms with Crippen LogP contribution in [0.4, 0.5) is 0 Å². The molecular weight excluding hydrogens is 350 g/mol. The summed E-state index contributed by atoms with van der Waals surface area (Å²) in [6.07, 6.45) is 0. The molecule has 2 aromatic carbocycles.